The predicted molar refractivity (Wildman–Crippen MR) is 195 cm³/mol. The first-order chi connectivity index (χ1) is 25.3. The number of ether oxygens (including phenoxy) is 5. The van der Waals surface area contributed by atoms with Crippen LogP contribution >= 0.6 is 0 Å². The molecule has 1 unspecified atom stereocenters. The minimum Gasteiger partial charge on any atom is -0.477 e. The van der Waals surface area contributed by atoms with Crippen molar-refractivity contribution in [3.8, 4) is 11.5 Å². The Morgan fingerprint density at radius 3 is 1.98 bits per heavy atom. The summed E-state index contributed by atoms with van der Waals surface area (Å²) in [7, 11) is 0. The summed E-state index contributed by atoms with van der Waals surface area (Å²) in [5.41, 5.74) is 1.74. The molecule has 0 aliphatic carbocycles. The Hall–Kier alpha value is -5.52. The molecule has 1 N–H and O–H groups in total. The van der Waals surface area contributed by atoms with Crippen LogP contribution in [0.5, 0.6) is 11.5 Å². The first kappa shape index (κ1) is 38.7. The molecule has 4 aromatic carbocycles. The SMILES string of the molecule is C[C@H]([C@H](CCc1ccccc1)c1ccc(Oc2ccccc2)cc1)N(CC(=O)OC(C)(C)C)C(=O)[C@@H]1COC(C(=O)O)(C(=O)OCc2ccccc2)O1. The Bertz CT molecular complexity index is 1830. The number of benzene rings is 4. The van der Waals surface area contributed by atoms with E-state index in [1.54, 1.807) is 51.1 Å². The van der Waals surface area contributed by atoms with Gasteiger partial charge in [0.2, 0.25) is 0 Å². The van der Waals surface area contributed by atoms with Crippen molar-refractivity contribution in [1.82, 2.24) is 4.90 Å². The van der Waals surface area contributed by atoms with Gasteiger partial charge in [-0.25, -0.2) is 9.59 Å². The maximum Gasteiger partial charge on any atom is 0.379 e. The van der Waals surface area contributed by atoms with Crippen molar-refractivity contribution in [2.24, 2.45) is 0 Å². The topological polar surface area (TPSA) is 138 Å². The largest absolute Gasteiger partial charge is 0.477 e. The molecule has 5 rings (SSSR count). The normalized spacial score (nSPS) is 18.0. The first-order valence-corrected chi connectivity index (χ1v) is 17.5. The van der Waals surface area contributed by atoms with Crippen LogP contribution in [0.2, 0.25) is 0 Å². The molecule has 0 aromatic heterocycles. The maximum atomic E-state index is 14.4. The van der Waals surface area contributed by atoms with Gasteiger partial charge in [-0.2, -0.15) is 0 Å². The number of aryl methyl sites for hydroxylation is 1. The number of aliphatic carboxylic acids is 1. The highest BCUT2D eigenvalue weighted by molar-refractivity contribution is 6.02. The molecule has 1 heterocycles. The summed E-state index contributed by atoms with van der Waals surface area (Å²) < 4.78 is 28.0. The molecule has 278 valence electrons. The van der Waals surface area contributed by atoms with Crippen LogP contribution in [0.4, 0.5) is 0 Å². The van der Waals surface area contributed by atoms with E-state index in [0.717, 1.165) is 11.1 Å². The second kappa shape index (κ2) is 17.3. The van der Waals surface area contributed by atoms with E-state index in [0.29, 0.717) is 29.9 Å². The molecule has 1 saturated heterocycles. The lowest BCUT2D eigenvalue weighted by molar-refractivity contribution is -0.222. The number of hydrogen-bond acceptors (Lipinski definition) is 9. The molecule has 0 spiro atoms. The second-order valence-electron chi connectivity index (χ2n) is 13.8. The third-order valence-corrected chi connectivity index (χ3v) is 8.74. The van der Waals surface area contributed by atoms with E-state index in [-0.39, 0.29) is 12.5 Å². The molecular formula is C42H45NO10. The van der Waals surface area contributed by atoms with E-state index < -0.39 is 60.5 Å². The molecule has 0 bridgehead atoms. The van der Waals surface area contributed by atoms with E-state index in [2.05, 4.69) is 0 Å². The van der Waals surface area contributed by atoms with E-state index in [1.165, 1.54) is 4.90 Å². The van der Waals surface area contributed by atoms with Crippen LogP contribution in [0.15, 0.2) is 115 Å². The van der Waals surface area contributed by atoms with Gasteiger partial charge >= 0.3 is 23.7 Å². The Morgan fingerprint density at radius 2 is 1.40 bits per heavy atom. The Labute approximate surface area is 309 Å². The minimum atomic E-state index is -2.88. The minimum absolute atomic E-state index is 0.236. The number of carboxylic acid groups (broad SMARTS) is 1. The van der Waals surface area contributed by atoms with Crippen molar-refractivity contribution in [3.63, 3.8) is 0 Å². The van der Waals surface area contributed by atoms with Gasteiger partial charge in [0.1, 0.15) is 30.3 Å². The van der Waals surface area contributed by atoms with Crippen LogP contribution < -0.4 is 4.74 Å². The van der Waals surface area contributed by atoms with Crippen molar-refractivity contribution in [1.29, 1.82) is 0 Å². The van der Waals surface area contributed by atoms with Crippen LogP contribution in [0, 0.1) is 0 Å². The lowest BCUT2D eigenvalue weighted by Crippen LogP contribution is -2.53. The van der Waals surface area contributed by atoms with Crippen molar-refractivity contribution in [2.45, 2.75) is 76.6 Å². The zero-order chi connectivity index (χ0) is 38.0. The first-order valence-electron chi connectivity index (χ1n) is 17.5. The maximum absolute atomic E-state index is 14.4. The Kier molecular flexibility index (Phi) is 12.7. The number of rotatable bonds is 15. The summed E-state index contributed by atoms with van der Waals surface area (Å²) >= 11 is 0. The zero-order valence-electron chi connectivity index (χ0n) is 30.3. The quantitative estimate of drug-likeness (QED) is 0.104. The summed E-state index contributed by atoms with van der Waals surface area (Å²) in [6.07, 6.45) is -0.309. The molecule has 1 fully saturated rings. The van der Waals surface area contributed by atoms with Crippen molar-refractivity contribution < 1.29 is 48.0 Å². The highest BCUT2D eigenvalue weighted by Crippen LogP contribution is 2.34. The number of carboxylic acids is 1. The van der Waals surface area contributed by atoms with Gasteiger partial charge in [-0.3, -0.25) is 9.59 Å². The molecule has 11 nitrogen and oxygen atoms in total. The fourth-order valence-electron chi connectivity index (χ4n) is 6.11. The summed E-state index contributed by atoms with van der Waals surface area (Å²) in [6.45, 7) is 5.71. The number of amides is 1. The van der Waals surface area contributed by atoms with Crippen molar-refractivity contribution in [3.05, 3.63) is 132 Å². The molecule has 11 heteroatoms. The predicted octanol–water partition coefficient (Wildman–Crippen LogP) is 6.69. The third-order valence-electron chi connectivity index (χ3n) is 8.74. The number of esters is 2. The average molecular weight is 724 g/mol. The molecule has 4 aromatic rings. The smallest absolute Gasteiger partial charge is 0.379 e. The van der Waals surface area contributed by atoms with Gasteiger partial charge in [0, 0.05) is 12.0 Å². The Balaban J connectivity index is 1.42. The standard InChI is InChI=1S/C42H45NO10/c1-29(35(25-20-30-14-8-5-9-15-30)32-21-23-34(24-22-32)51-33-18-12-7-13-19-33)43(26-37(44)53-41(2,3)4)38(45)36-28-50-42(52-36,39(46)47)40(48)49-27-31-16-10-6-11-17-31/h5-19,21-24,29,35-36H,20,25-28H2,1-4H3,(H,46,47)/t29-,35+,36+,42?/m1/s1. The van der Waals surface area contributed by atoms with Crippen LogP contribution in [0.25, 0.3) is 0 Å². The van der Waals surface area contributed by atoms with Crippen LogP contribution in [0.3, 0.4) is 0 Å². The average Bonchev–Trinajstić information content (AvgIpc) is 3.61. The molecule has 1 amide bonds. The number of carbonyl (C=O) groups is 4. The molecule has 0 saturated carbocycles. The number of carbonyl (C=O) groups excluding carboxylic acids is 3. The summed E-state index contributed by atoms with van der Waals surface area (Å²) in [6, 6.07) is 34.9. The summed E-state index contributed by atoms with van der Waals surface area (Å²) in [5, 5.41) is 10.1. The van der Waals surface area contributed by atoms with Gasteiger partial charge in [-0.1, -0.05) is 91.0 Å². The van der Waals surface area contributed by atoms with Gasteiger partial charge in [-0.05, 0) is 81.5 Å². The monoisotopic (exact) mass is 723 g/mol. The number of nitrogens with zero attached hydrogens (tertiary/aromatic N) is 1. The molecule has 53 heavy (non-hydrogen) atoms. The van der Waals surface area contributed by atoms with Crippen molar-refractivity contribution >= 4 is 23.8 Å². The van der Waals surface area contributed by atoms with Gasteiger partial charge in [0.25, 0.3) is 5.91 Å². The lowest BCUT2D eigenvalue weighted by atomic mass is 9.85. The van der Waals surface area contributed by atoms with E-state index in [1.807, 2.05) is 91.9 Å². The number of para-hydroxylation sites is 1. The molecular weight excluding hydrogens is 678 g/mol. The second-order valence-corrected chi connectivity index (χ2v) is 13.8. The van der Waals surface area contributed by atoms with Gasteiger partial charge in [-0.15, -0.1) is 0 Å². The molecule has 0 radical (unpaired) electrons. The lowest BCUT2D eigenvalue weighted by Gasteiger charge is -2.36. The highest BCUT2D eigenvalue weighted by atomic mass is 16.8. The van der Waals surface area contributed by atoms with Gasteiger partial charge in [0.05, 0.1) is 6.61 Å². The summed E-state index contributed by atoms with van der Waals surface area (Å²) in [4.78, 5) is 54.7. The molecule has 1 aliphatic heterocycles. The van der Waals surface area contributed by atoms with Gasteiger partial charge in [0.15, 0.2) is 6.10 Å². The van der Waals surface area contributed by atoms with E-state index in [4.69, 9.17) is 23.7 Å². The summed E-state index contributed by atoms with van der Waals surface area (Å²) in [5.74, 6) is -6.38. The third kappa shape index (κ3) is 10.3. The van der Waals surface area contributed by atoms with Crippen LogP contribution in [-0.4, -0.2) is 70.5 Å². The molecule has 4 atom stereocenters. The van der Waals surface area contributed by atoms with Crippen LogP contribution in [-0.2, 0) is 51.2 Å². The fourth-order valence-corrected chi connectivity index (χ4v) is 6.11. The van der Waals surface area contributed by atoms with Crippen LogP contribution in [0.1, 0.15) is 56.7 Å². The number of hydrogen-bond donors (Lipinski definition) is 1. The van der Waals surface area contributed by atoms with Crippen molar-refractivity contribution in [2.75, 3.05) is 13.2 Å². The highest BCUT2D eigenvalue weighted by Gasteiger charge is 2.59. The zero-order valence-corrected chi connectivity index (χ0v) is 30.3. The van der Waals surface area contributed by atoms with E-state index in [9.17, 15) is 24.3 Å². The molecule has 1 aliphatic rings. The Morgan fingerprint density at radius 1 is 0.830 bits per heavy atom. The van der Waals surface area contributed by atoms with Gasteiger partial charge < -0.3 is 33.7 Å². The fraction of sp³-hybridized carbons (Fsp3) is 0.333. The van der Waals surface area contributed by atoms with E-state index >= 15 is 0 Å².